The van der Waals surface area contributed by atoms with Gasteiger partial charge in [0.25, 0.3) is 20.2 Å². The van der Waals surface area contributed by atoms with E-state index >= 15 is 0 Å². The van der Waals surface area contributed by atoms with Gasteiger partial charge in [0.1, 0.15) is 12.2 Å². The molecule has 0 saturated heterocycles. The summed E-state index contributed by atoms with van der Waals surface area (Å²) >= 11 is 0. The van der Waals surface area contributed by atoms with Crippen molar-refractivity contribution in [2.24, 2.45) is 0 Å². The molecule has 0 amide bonds. The Hall–Kier alpha value is 0.0300. The largest absolute Gasteiger partial charge is 0.394 e. The van der Waals surface area contributed by atoms with E-state index in [4.69, 9.17) is 10.2 Å². The molecule has 0 aromatic rings. The zero-order valence-corrected chi connectivity index (χ0v) is 11.6. The van der Waals surface area contributed by atoms with Crippen molar-refractivity contribution in [2.75, 3.05) is 25.7 Å². The minimum Gasteiger partial charge on any atom is -0.394 e. The van der Waals surface area contributed by atoms with Crippen LogP contribution in [0.2, 0.25) is 0 Å². The lowest BCUT2D eigenvalue weighted by atomic mass is 10.2. The molecule has 0 radical (unpaired) electrons. The molecule has 0 spiro atoms. The zero-order chi connectivity index (χ0) is 13.0. The highest BCUT2D eigenvalue weighted by molar-refractivity contribution is 7.86. The van der Waals surface area contributed by atoms with Crippen LogP contribution in [0, 0.1) is 0 Å². The summed E-state index contributed by atoms with van der Waals surface area (Å²) in [6.45, 7) is -1.49. The summed E-state index contributed by atoms with van der Waals surface area (Å²) in [5.74, 6) is 0. The topological polar surface area (TPSA) is 127 Å². The Labute approximate surface area is 106 Å². The molecule has 0 rings (SSSR count). The van der Waals surface area contributed by atoms with Crippen molar-refractivity contribution >= 4 is 32.6 Å². The van der Waals surface area contributed by atoms with Gasteiger partial charge in [-0.25, -0.2) is 0 Å². The van der Waals surface area contributed by atoms with E-state index in [1.807, 2.05) is 0 Å². The summed E-state index contributed by atoms with van der Waals surface area (Å²) in [6.07, 6.45) is -1.55. The smallest absolute Gasteiger partial charge is 0.264 e. The number of rotatable bonds is 7. The van der Waals surface area contributed by atoms with E-state index in [0.29, 0.717) is 0 Å². The lowest BCUT2D eigenvalue weighted by molar-refractivity contribution is -0.0162. The monoisotopic (exact) mass is 314 g/mol. The second kappa shape index (κ2) is 7.46. The Morgan fingerprint density at radius 1 is 1.12 bits per heavy atom. The van der Waals surface area contributed by atoms with Gasteiger partial charge in [0.15, 0.2) is 0 Å². The second-order valence-corrected chi connectivity index (χ2v) is 6.32. The number of hydrogen-bond donors (Lipinski definition) is 2. The average molecular weight is 315 g/mol. The Balaban J connectivity index is 0. The van der Waals surface area contributed by atoms with Gasteiger partial charge < -0.3 is 10.2 Å². The third-order valence-electron chi connectivity index (χ3n) is 1.36. The zero-order valence-electron chi connectivity index (χ0n) is 9.14. The molecule has 0 aromatic carbocycles. The predicted molar refractivity (Wildman–Crippen MR) is 60.9 cm³/mol. The lowest BCUT2D eigenvalue weighted by Crippen LogP contribution is -2.38. The number of hydrogen-bond acceptors (Lipinski definition) is 8. The lowest BCUT2D eigenvalue weighted by Gasteiger charge is -2.19. The Kier molecular flexibility index (Phi) is 8.50. The highest BCUT2D eigenvalue weighted by Crippen LogP contribution is 2.06. The fourth-order valence-electron chi connectivity index (χ4n) is 0.736. The van der Waals surface area contributed by atoms with Crippen LogP contribution in [0.1, 0.15) is 0 Å². The van der Waals surface area contributed by atoms with Crippen molar-refractivity contribution in [1.29, 1.82) is 0 Å². The summed E-state index contributed by atoms with van der Waals surface area (Å²) in [5.41, 5.74) is 0. The average Bonchev–Trinajstić information content (AvgIpc) is 2.07. The number of aliphatic hydroxyl groups is 2. The van der Waals surface area contributed by atoms with E-state index in [2.05, 4.69) is 8.37 Å². The molecule has 0 heterocycles. The molecular formula is C6H15ClO8S2. The summed E-state index contributed by atoms with van der Waals surface area (Å²) in [6, 6.07) is 0. The van der Waals surface area contributed by atoms with Crippen LogP contribution >= 0.6 is 12.4 Å². The van der Waals surface area contributed by atoms with Crippen molar-refractivity contribution in [2.45, 2.75) is 12.2 Å². The normalized spacial score (nSPS) is 16.0. The first-order valence-corrected chi connectivity index (χ1v) is 7.70. The summed E-state index contributed by atoms with van der Waals surface area (Å²) in [4.78, 5) is 0. The number of halogens is 1. The maximum absolute atomic E-state index is 10.8. The Morgan fingerprint density at radius 2 is 1.59 bits per heavy atom. The van der Waals surface area contributed by atoms with Crippen LogP contribution in [0.4, 0.5) is 0 Å². The number of aliphatic hydroxyl groups excluding tert-OH is 2. The van der Waals surface area contributed by atoms with E-state index in [1.54, 1.807) is 0 Å². The molecular weight excluding hydrogens is 300 g/mol. The van der Waals surface area contributed by atoms with Gasteiger partial charge in [-0.05, 0) is 0 Å². The van der Waals surface area contributed by atoms with Gasteiger partial charge in [-0.1, -0.05) is 0 Å². The van der Waals surface area contributed by atoms with Gasteiger partial charge in [0.05, 0.1) is 25.7 Å². The quantitative estimate of drug-likeness (QED) is 0.521. The molecule has 0 aromatic heterocycles. The first-order valence-electron chi connectivity index (χ1n) is 4.07. The second-order valence-electron chi connectivity index (χ2n) is 3.08. The molecule has 106 valence electrons. The minimum atomic E-state index is -3.89. The predicted octanol–water partition coefficient (Wildman–Crippen LogP) is -1.92. The van der Waals surface area contributed by atoms with Crippen LogP contribution in [0.3, 0.4) is 0 Å². The summed E-state index contributed by atoms with van der Waals surface area (Å²) < 4.78 is 51.4. The van der Waals surface area contributed by atoms with Gasteiger partial charge in [-0.3, -0.25) is 8.37 Å². The first-order chi connectivity index (χ1) is 7.05. The first kappa shape index (κ1) is 19.4. The Bertz CT molecular complexity index is 402. The van der Waals surface area contributed by atoms with Gasteiger partial charge in [0.2, 0.25) is 0 Å². The highest BCUT2D eigenvalue weighted by Gasteiger charge is 2.25. The standard InChI is InChI=1S/C6H14O8S2.ClH/c1-15(9,10)13-4-6(5(8)3-7)14-16(2,11)12;/h5-8H,3-4H2,1-2H3;1H/t5-,6+;/m1./s1. The maximum atomic E-state index is 10.8. The molecule has 0 aliphatic rings. The van der Waals surface area contributed by atoms with E-state index < -0.39 is 45.7 Å². The molecule has 8 nitrogen and oxygen atoms in total. The van der Waals surface area contributed by atoms with Crippen LogP contribution < -0.4 is 0 Å². The molecule has 0 aliphatic heterocycles. The maximum Gasteiger partial charge on any atom is 0.264 e. The van der Waals surface area contributed by atoms with Crippen molar-refractivity contribution in [3.8, 4) is 0 Å². The van der Waals surface area contributed by atoms with Crippen LogP contribution in [0.25, 0.3) is 0 Å². The summed E-state index contributed by atoms with van der Waals surface area (Å²) in [5, 5.41) is 17.8. The third kappa shape index (κ3) is 10.9. The van der Waals surface area contributed by atoms with Crippen LogP contribution in [0.5, 0.6) is 0 Å². The van der Waals surface area contributed by atoms with Crippen molar-refractivity contribution in [1.82, 2.24) is 0 Å². The highest BCUT2D eigenvalue weighted by atomic mass is 35.5. The molecule has 2 atom stereocenters. The molecule has 0 bridgehead atoms. The van der Waals surface area contributed by atoms with Gasteiger partial charge >= 0.3 is 0 Å². The van der Waals surface area contributed by atoms with Gasteiger partial charge in [-0.2, -0.15) is 16.8 Å². The van der Waals surface area contributed by atoms with Crippen molar-refractivity contribution in [3.05, 3.63) is 0 Å². The van der Waals surface area contributed by atoms with E-state index in [9.17, 15) is 16.8 Å². The molecule has 11 heteroatoms. The van der Waals surface area contributed by atoms with Gasteiger partial charge in [0, 0.05) is 0 Å². The van der Waals surface area contributed by atoms with E-state index in [-0.39, 0.29) is 12.4 Å². The Morgan fingerprint density at radius 3 is 1.88 bits per heavy atom. The van der Waals surface area contributed by atoms with Crippen LogP contribution in [-0.4, -0.2) is 65.0 Å². The van der Waals surface area contributed by atoms with Crippen LogP contribution in [0.15, 0.2) is 0 Å². The molecule has 0 aliphatic carbocycles. The molecule has 0 fully saturated rings. The summed E-state index contributed by atoms with van der Waals surface area (Å²) in [7, 11) is -7.68. The SMILES string of the molecule is CS(=O)(=O)OC[C@H](OS(C)(=O)=O)[C@H](O)CO.Cl. The van der Waals surface area contributed by atoms with Crippen LogP contribution in [-0.2, 0) is 28.6 Å². The molecule has 2 N–H and O–H groups in total. The van der Waals surface area contributed by atoms with E-state index in [0.717, 1.165) is 12.5 Å². The fraction of sp³-hybridized carbons (Fsp3) is 1.00. The van der Waals surface area contributed by atoms with Crippen molar-refractivity contribution < 1.29 is 35.4 Å². The molecule has 0 saturated carbocycles. The molecule has 17 heavy (non-hydrogen) atoms. The molecule has 0 unspecified atom stereocenters. The third-order valence-corrected chi connectivity index (χ3v) is 2.52. The van der Waals surface area contributed by atoms with Gasteiger partial charge in [-0.15, -0.1) is 12.4 Å². The fourth-order valence-corrected chi connectivity index (χ4v) is 1.75. The minimum absolute atomic E-state index is 0. The van der Waals surface area contributed by atoms with Crippen molar-refractivity contribution in [3.63, 3.8) is 0 Å². The van der Waals surface area contributed by atoms with E-state index in [1.165, 1.54) is 0 Å².